The van der Waals surface area contributed by atoms with Gasteiger partial charge in [0.15, 0.2) is 11.6 Å². The Hall–Kier alpha value is -2.81. The molecule has 1 unspecified atom stereocenters. The number of hydrogen-bond donors (Lipinski definition) is 1. The lowest BCUT2D eigenvalue weighted by Crippen LogP contribution is -2.39. The van der Waals surface area contributed by atoms with Crippen molar-refractivity contribution in [1.29, 1.82) is 0 Å². The maximum Gasteiger partial charge on any atom is 0.257 e. The number of benzene rings is 2. The predicted molar refractivity (Wildman–Crippen MR) is 113 cm³/mol. The molecule has 0 saturated carbocycles. The molecule has 1 amide bonds. The fourth-order valence-electron chi connectivity index (χ4n) is 3.63. The van der Waals surface area contributed by atoms with Crippen LogP contribution in [0, 0.1) is 11.6 Å². The van der Waals surface area contributed by atoms with Crippen molar-refractivity contribution in [3.05, 3.63) is 58.2 Å². The summed E-state index contributed by atoms with van der Waals surface area (Å²) in [5, 5.41) is 3.16. The van der Waals surface area contributed by atoms with Crippen LogP contribution in [0.4, 0.5) is 14.6 Å². The van der Waals surface area contributed by atoms with Gasteiger partial charge in [0, 0.05) is 35.7 Å². The van der Waals surface area contributed by atoms with E-state index >= 15 is 0 Å². The van der Waals surface area contributed by atoms with Crippen molar-refractivity contribution in [3.63, 3.8) is 0 Å². The van der Waals surface area contributed by atoms with Crippen molar-refractivity contribution in [2.75, 3.05) is 25.5 Å². The van der Waals surface area contributed by atoms with Crippen LogP contribution in [-0.2, 0) is 0 Å². The molecule has 0 radical (unpaired) electrons. The van der Waals surface area contributed by atoms with Crippen LogP contribution >= 0.6 is 15.9 Å². The third kappa shape index (κ3) is 4.07. The van der Waals surface area contributed by atoms with E-state index in [2.05, 4.69) is 31.2 Å². The molecule has 0 spiro atoms. The molecule has 1 fully saturated rings. The average Bonchev–Trinajstić information content (AvgIpc) is 3.21. The molecule has 1 aliphatic rings. The van der Waals surface area contributed by atoms with Gasteiger partial charge in [0.1, 0.15) is 11.6 Å². The Morgan fingerprint density at radius 3 is 2.80 bits per heavy atom. The minimum atomic E-state index is -0.968. The molecule has 30 heavy (non-hydrogen) atoms. The van der Waals surface area contributed by atoms with E-state index in [0.717, 1.165) is 29.4 Å². The number of halogens is 3. The zero-order chi connectivity index (χ0) is 21.3. The van der Waals surface area contributed by atoms with Gasteiger partial charge in [-0.2, -0.15) is 0 Å². The highest BCUT2D eigenvalue weighted by atomic mass is 79.9. The molecular weight excluding hydrogens is 458 g/mol. The number of rotatable bonds is 5. The summed E-state index contributed by atoms with van der Waals surface area (Å²) in [5.41, 5.74) is 1.04. The van der Waals surface area contributed by atoms with Crippen LogP contribution in [0.1, 0.15) is 23.2 Å². The molecular formula is C21H19BrF2N4O2. The summed E-state index contributed by atoms with van der Waals surface area (Å²) >= 11 is 3.40. The first-order valence-electron chi connectivity index (χ1n) is 9.46. The van der Waals surface area contributed by atoms with E-state index in [1.807, 2.05) is 11.0 Å². The van der Waals surface area contributed by atoms with Crippen LogP contribution in [0.15, 0.2) is 41.0 Å². The number of ether oxygens (including phenoxy) is 1. The Bertz CT molecular complexity index is 1110. The molecule has 4 rings (SSSR count). The van der Waals surface area contributed by atoms with E-state index in [9.17, 15) is 13.6 Å². The van der Waals surface area contributed by atoms with Gasteiger partial charge >= 0.3 is 0 Å². The molecule has 6 nitrogen and oxygen atoms in total. The van der Waals surface area contributed by atoms with Crippen LogP contribution in [0.3, 0.4) is 0 Å². The van der Waals surface area contributed by atoms with Gasteiger partial charge in [0.2, 0.25) is 0 Å². The highest BCUT2D eigenvalue weighted by molar-refractivity contribution is 9.10. The smallest absolute Gasteiger partial charge is 0.257 e. The SMILES string of the molecule is COc1ccc(Br)cc1C(=O)N1CCCC1CNc1cnc2cc(F)c(F)cc2n1. The van der Waals surface area contributed by atoms with Gasteiger partial charge in [0.05, 0.1) is 29.9 Å². The zero-order valence-electron chi connectivity index (χ0n) is 16.2. The summed E-state index contributed by atoms with van der Waals surface area (Å²) in [6, 6.07) is 7.34. The Kier molecular flexibility index (Phi) is 5.80. The van der Waals surface area contributed by atoms with Gasteiger partial charge in [-0.1, -0.05) is 15.9 Å². The molecule has 1 aliphatic heterocycles. The van der Waals surface area contributed by atoms with Gasteiger partial charge in [-0.05, 0) is 31.0 Å². The standard InChI is InChI=1S/C21H19BrF2N4O2/c1-30-19-5-4-12(22)7-14(19)21(29)28-6-2-3-13(28)10-26-20-11-25-17-8-15(23)16(24)9-18(17)27-20/h4-5,7-9,11,13H,2-3,6,10H2,1H3,(H,26,27). The first kappa shape index (κ1) is 20.5. The third-order valence-electron chi connectivity index (χ3n) is 5.13. The molecule has 1 aromatic heterocycles. The minimum absolute atomic E-state index is 0.0383. The van der Waals surface area contributed by atoms with Crippen LogP contribution in [0.25, 0.3) is 11.0 Å². The van der Waals surface area contributed by atoms with Crippen molar-refractivity contribution in [3.8, 4) is 5.75 Å². The second-order valence-corrected chi connectivity index (χ2v) is 7.95. The summed E-state index contributed by atoms with van der Waals surface area (Å²) in [4.78, 5) is 23.4. The molecule has 3 aromatic rings. The van der Waals surface area contributed by atoms with Crippen molar-refractivity contribution in [1.82, 2.24) is 14.9 Å². The number of fused-ring (bicyclic) bond motifs is 1. The van der Waals surface area contributed by atoms with Crippen molar-refractivity contribution >= 4 is 38.7 Å². The van der Waals surface area contributed by atoms with E-state index in [1.165, 1.54) is 13.3 Å². The number of nitrogens with zero attached hydrogens (tertiary/aromatic N) is 3. The second kappa shape index (κ2) is 8.51. The molecule has 1 saturated heterocycles. The number of methoxy groups -OCH3 is 1. The quantitative estimate of drug-likeness (QED) is 0.591. The van der Waals surface area contributed by atoms with Crippen LogP contribution in [0.2, 0.25) is 0 Å². The summed E-state index contributed by atoms with van der Waals surface area (Å²) in [6.07, 6.45) is 3.20. The fourth-order valence-corrected chi connectivity index (χ4v) is 3.99. The van der Waals surface area contributed by atoms with Crippen molar-refractivity contribution in [2.24, 2.45) is 0 Å². The van der Waals surface area contributed by atoms with Crippen molar-refractivity contribution in [2.45, 2.75) is 18.9 Å². The maximum absolute atomic E-state index is 13.5. The third-order valence-corrected chi connectivity index (χ3v) is 5.63. The predicted octanol–water partition coefficient (Wildman–Crippen LogP) is 4.40. The average molecular weight is 477 g/mol. The van der Waals surface area contributed by atoms with Gasteiger partial charge in [-0.3, -0.25) is 9.78 Å². The van der Waals surface area contributed by atoms with Crippen LogP contribution < -0.4 is 10.1 Å². The molecule has 2 aromatic carbocycles. The molecule has 0 aliphatic carbocycles. The number of carbonyl (C=O) groups is 1. The van der Waals surface area contributed by atoms with Crippen molar-refractivity contribution < 1.29 is 18.3 Å². The van der Waals surface area contributed by atoms with Gasteiger partial charge in [-0.15, -0.1) is 0 Å². The number of nitrogens with one attached hydrogen (secondary N) is 1. The van der Waals surface area contributed by atoms with Gasteiger partial charge in [0.25, 0.3) is 5.91 Å². The van der Waals surface area contributed by atoms with E-state index in [-0.39, 0.29) is 23.0 Å². The lowest BCUT2D eigenvalue weighted by Gasteiger charge is -2.26. The minimum Gasteiger partial charge on any atom is -0.496 e. The van der Waals surface area contributed by atoms with Gasteiger partial charge in [-0.25, -0.2) is 13.8 Å². The number of amides is 1. The molecule has 156 valence electrons. The number of anilines is 1. The molecule has 1 N–H and O–H groups in total. The summed E-state index contributed by atoms with van der Waals surface area (Å²) in [6.45, 7) is 1.11. The van der Waals surface area contributed by atoms with E-state index in [1.54, 1.807) is 12.1 Å². The number of aromatic nitrogens is 2. The lowest BCUT2D eigenvalue weighted by molar-refractivity contribution is 0.0740. The summed E-state index contributed by atoms with van der Waals surface area (Å²) < 4.78 is 33.0. The molecule has 1 atom stereocenters. The highest BCUT2D eigenvalue weighted by Gasteiger charge is 2.31. The second-order valence-electron chi connectivity index (χ2n) is 7.03. The monoisotopic (exact) mass is 476 g/mol. The number of likely N-dealkylation sites (tertiary alicyclic amines) is 1. The Morgan fingerprint density at radius 1 is 1.27 bits per heavy atom. The summed E-state index contributed by atoms with van der Waals surface area (Å²) in [7, 11) is 1.54. The Morgan fingerprint density at radius 2 is 2.03 bits per heavy atom. The molecule has 9 heteroatoms. The number of hydrogen-bond acceptors (Lipinski definition) is 5. The topological polar surface area (TPSA) is 67.3 Å². The molecule has 2 heterocycles. The van der Waals surface area contributed by atoms with Crippen LogP contribution in [-0.4, -0.2) is 47.0 Å². The largest absolute Gasteiger partial charge is 0.496 e. The molecule has 0 bridgehead atoms. The first-order chi connectivity index (χ1) is 14.5. The Balaban J connectivity index is 1.49. The normalized spacial score (nSPS) is 16.1. The van der Waals surface area contributed by atoms with E-state index in [4.69, 9.17) is 4.74 Å². The fraction of sp³-hybridized carbons (Fsp3) is 0.286. The highest BCUT2D eigenvalue weighted by Crippen LogP contribution is 2.28. The first-order valence-corrected chi connectivity index (χ1v) is 10.3. The van der Waals surface area contributed by atoms with E-state index < -0.39 is 11.6 Å². The summed E-state index contributed by atoms with van der Waals surface area (Å²) in [5.74, 6) is -1.06. The lowest BCUT2D eigenvalue weighted by atomic mass is 10.1. The van der Waals surface area contributed by atoms with E-state index in [0.29, 0.717) is 30.2 Å². The Labute approximate surface area is 180 Å². The maximum atomic E-state index is 13.5. The number of carbonyl (C=O) groups excluding carboxylic acids is 1. The van der Waals surface area contributed by atoms with Crippen LogP contribution in [0.5, 0.6) is 5.75 Å². The zero-order valence-corrected chi connectivity index (χ0v) is 17.7. The van der Waals surface area contributed by atoms with Gasteiger partial charge < -0.3 is 15.0 Å².